The van der Waals surface area contributed by atoms with Crippen molar-refractivity contribution in [3.8, 4) is 22.3 Å². The Morgan fingerprint density at radius 1 is 0.282 bits per heavy atom. The number of benzene rings is 7. The highest BCUT2D eigenvalue weighted by molar-refractivity contribution is 6.22. The molecule has 0 amide bonds. The minimum absolute atomic E-state index is 1.13. The number of nitrogens with zero attached hydrogens (tertiary/aromatic N) is 1. The standard InChI is InChI=1S/C38H27N/c1-4-14-28(15-5-1)29-24-26-30(27-25-29)37-35-22-12-10-20-33(35)34-21-11-13-23-36(34)38(37)39(31-16-6-2-7-17-31)32-18-8-3-9-19-32/h1-27H. The number of anilines is 3. The van der Waals surface area contributed by atoms with Crippen molar-refractivity contribution < 1.29 is 0 Å². The van der Waals surface area contributed by atoms with Gasteiger partial charge in [0.25, 0.3) is 0 Å². The first kappa shape index (κ1) is 23.0. The molecule has 0 aliphatic carbocycles. The van der Waals surface area contributed by atoms with E-state index < -0.39 is 0 Å². The van der Waals surface area contributed by atoms with E-state index in [4.69, 9.17) is 0 Å². The maximum absolute atomic E-state index is 2.41. The summed E-state index contributed by atoms with van der Waals surface area (Å²) in [5, 5.41) is 4.99. The Kier molecular flexibility index (Phi) is 5.88. The fourth-order valence-corrected chi connectivity index (χ4v) is 5.67. The molecule has 0 aliphatic rings. The van der Waals surface area contributed by atoms with Crippen LogP contribution in [0, 0.1) is 0 Å². The van der Waals surface area contributed by atoms with Gasteiger partial charge in [0.2, 0.25) is 0 Å². The van der Waals surface area contributed by atoms with E-state index in [-0.39, 0.29) is 0 Å². The van der Waals surface area contributed by atoms with Crippen LogP contribution in [0.3, 0.4) is 0 Å². The summed E-state index contributed by atoms with van der Waals surface area (Å²) >= 11 is 0. The molecule has 0 saturated heterocycles. The lowest BCUT2D eigenvalue weighted by Gasteiger charge is -2.30. The largest absolute Gasteiger partial charge is 0.309 e. The summed E-state index contributed by atoms with van der Waals surface area (Å²) in [6, 6.07) is 58.6. The van der Waals surface area contributed by atoms with E-state index in [0.717, 1.165) is 11.4 Å². The normalized spacial score (nSPS) is 11.1. The summed E-state index contributed by atoms with van der Waals surface area (Å²) in [5.41, 5.74) is 8.32. The predicted octanol–water partition coefficient (Wildman–Crippen LogP) is 10.8. The van der Waals surface area contributed by atoms with Crippen LogP contribution in [-0.2, 0) is 0 Å². The summed E-state index contributed by atoms with van der Waals surface area (Å²) in [6.07, 6.45) is 0. The van der Waals surface area contributed by atoms with Crippen molar-refractivity contribution in [1.29, 1.82) is 0 Å². The molecule has 7 aromatic rings. The minimum Gasteiger partial charge on any atom is -0.309 e. The average Bonchev–Trinajstić information content (AvgIpc) is 3.03. The molecule has 0 aliphatic heterocycles. The van der Waals surface area contributed by atoms with Gasteiger partial charge in [0.15, 0.2) is 0 Å². The second kappa shape index (κ2) is 9.96. The van der Waals surface area contributed by atoms with Gasteiger partial charge in [0.05, 0.1) is 5.69 Å². The van der Waals surface area contributed by atoms with Gasteiger partial charge < -0.3 is 4.90 Å². The zero-order valence-electron chi connectivity index (χ0n) is 21.5. The number of hydrogen-bond donors (Lipinski definition) is 0. The lowest BCUT2D eigenvalue weighted by Crippen LogP contribution is -2.12. The third kappa shape index (κ3) is 4.15. The molecule has 0 fully saturated rings. The molecule has 1 heteroatoms. The van der Waals surface area contributed by atoms with Crippen molar-refractivity contribution in [3.63, 3.8) is 0 Å². The first-order valence-electron chi connectivity index (χ1n) is 13.4. The van der Waals surface area contributed by atoms with Gasteiger partial charge in [-0.3, -0.25) is 0 Å². The fourth-order valence-electron chi connectivity index (χ4n) is 5.67. The monoisotopic (exact) mass is 497 g/mol. The van der Waals surface area contributed by atoms with Crippen molar-refractivity contribution in [2.24, 2.45) is 0 Å². The van der Waals surface area contributed by atoms with Crippen molar-refractivity contribution in [3.05, 3.63) is 164 Å². The fraction of sp³-hybridized carbons (Fsp3) is 0. The molecule has 39 heavy (non-hydrogen) atoms. The Hall–Kier alpha value is -5.14. The van der Waals surface area contributed by atoms with Crippen molar-refractivity contribution in [1.82, 2.24) is 0 Å². The van der Waals surface area contributed by atoms with Crippen LogP contribution >= 0.6 is 0 Å². The topological polar surface area (TPSA) is 3.24 Å². The van der Waals surface area contributed by atoms with Crippen LogP contribution in [0.1, 0.15) is 0 Å². The Bertz CT molecular complexity index is 1830. The number of hydrogen-bond acceptors (Lipinski definition) is 1. The van der Waals surface area contributed by atoms with Crippen LogP contribution in [0.2, 0.25) is 0 Å². The van der Waals surface area contributed by atoms with Crippen molar-refractivity contribution in [2.45, 2.75) is 0 Å². The number of rotatable bonds is 5. The first-order chi connectivity index (χ1) is 19.4. The Morgan fingerprint density at radius 2 is 0.667 bits per heavy atom. The molecule has 0 saturated carbocycles. The molecular weight excluding hydrogens is 470 g/mol. The van der Waals surface area contributed by atoms with Crippen LogP contribution in [0.4, 0.5) is 17.1 Å². The number of para-hydroxylation sites is 2. The van der Waals surface area contributed by atoms with Gasteiger partial charge in [-0.25, -0.2) is 0 Å². The molecule has 0 N–H and O–H groups in total. The summed E-state index contributed by atoms with van der Waals surface area (Å²) < 4.78 is 0. The molecule has 0 radical (unpaired) electrons. The Morgan fingerprint density at radius 3 is 1.23 bits per heavy atom. The quantitative estimate of drug-likeness (QED) is 0.214. The van der Waals surface area contributed by atoms with Gasteiger partial charge in [0.1, 0.15) is 0 Å². The average molecular weight is 498 g/mol. The van der Waals surface area contributed by atoms with Gasteiger partial charge in [-0.05, 0) is 57.1 Å². The molecule has 7 aromatic carbocycles. The zero-order valence-corrected chi connectivity index (χ0v) is 21.5. The van der Waals surface area contributed by atoms with Gasteiger partial charge in [0, 0.05) is 22.3 Å². The summed E-state index contributed by atoms with van der Waals surface area (Å²) in [5.74, 6) is 0. The van der Waals surface area contributed by atoms with Crippen LogP contribution in [-0.4, -0.2) is 0 Å². The first-order valence-corrected chi connectivity index (χ1v) is 13.4. The Labute approximate surface area is 229 Å². The summed E-state index contributed by atoms with van der Waals surface area (Å²) in [6.45, 7) is 0. The maximum atomic E-state index is 2.41. The highest BCUT2D eigenvalue weighted by Gasteiger charge is 2.23. The molecule has 0 spiro atoms. The lowest BCUT2D eigenvalue weighted by atomic mass is 9.89. The van der Waals surface area contributed by atoms with Gasteiger partial charge in [-0.2, -0.15) is 0 Å². The highest BCUT2D eigenvalue weighted by Crippen LogP contribution is 2.49. The van der Waals surface area contributed by atoms with E-state index in [0.29, 0.717) is 0 Å². The van der Waals surface area contributed by atoms with E-state index in [1.165, 1.54) is 49.5 Å². The van der Waals surface area contributed by atoms with Crippen LogP contribution < -0.4 is 4.90 Å². The third-order valence-electron chi connectivity index (χ3n) is 7.44. The molecule has 0 atom stereocenters. The van der Waals surface area contributed by atoms with Crippen LogP contribution in [0.15, 0.2) is 164 Å². The molecule has 0 unspecified atom stereocenters. The van der Waals surface area contributed by atoms with E-state index in [1.807, 2.05) is 0 Å². The van der Waals surface area contributed by atoms with Gasteiger partial charge >= 0.3 is 0 Å². The summed E-state index contributed by atoms with van der Waals surface area (Å²) in [7, 11) is 0. The van der Waals surface area contributed by atoms with Gasteiger partial charge in [-0.1, -0.05) is 140 Å². The van der Waals surface area contributed by atoms with E-state index >= 15 is 0 Å². The predicted molar refractivity (Wildman–Crippen MR) is 167 cm³/mol. The van der Waals surface area contributed by atoms with E-state index in [2.05, 4.69) is 169 Å². The summed E-state index contributed by atoms with van der Waals surface area (Å²) in [4.78, 5) is 2.41. The molecule has 7 rings (SSSR count). The minimum atomic E-state index is 1.13. The second-order valence-corrected chi connectivity index (χ2v) is 9.76. The van der Waals surface area contributed by atoms with Crippen molar-refractivity contribution >= 4 is 38.6 Å². The lowest BCUT2D eigenvalue weighted by molar-refractivity contribution is 1.30. The molecule has 0 aromatic heterocycles. The third-order valence-corrected chi connectivity index (χ3v) is 7.44. The van der Waals surface area contributed by atoms with Gasteiger partial charge in [-0.15, -0.1) is 0 Å². The maximum Gasteiger partial charge on any atom is 0.0624 e. The molecule has 184 valence electrons. The zero-order chi connectivity index (χ0) is 26.0. The molecule has 0 heterocycles. The Balaban J connectivity index is 1.58. The van der Waals surface area contributed by atoms with Crippen molar-refractivity contribution in [2.75, 3.05) is 4.90 Å². The van der Waals surface area contributed by atoms with E-state index in [9.17, 15) is 0 Å². The van der Waals surface area contributed by atoms with Crippen LogP contribution in [0.5, 0.6) is 0 Å². The number of fused-ring (bicyclic) bond motifs is 3. The second-order valence-electron chi connectivity index (χ2n) is 9.76. The smallest absolute Gasteiger partial charge is 0.0624 e. The van der Waals surface area contributed by atoms with Crippen LogP contribution in [0.25, 0.3) is 43.8 Å². The van der Waals surface area contributed by atoms with E-state index in [1.54, 1.807) is 0 Å². The SMILES string of the molecule is c1ccc(-c2ccc(-c3c(N(c4ccccc4)c4ccccc4)c4ccccc4c4ccccc34)cc2)cc1. The molecule has 0 bridgehead atoms. The molecular formula is C38H27N. The highest BCUT2D eigenvalue weighted by atomic mass is 15.1. The molecule has 1 nitrogen and oxygen atoms in total.